The van der Waals surface area contributed by atoms with Crippen LogP contribution < -0.4 is 4.74 Å². The number of likely N-dealkylation sites (tertiary alicyclic amines) is 1. The summed E-state index contributed by atoms with van der Waals surface area (Å²) < 4.78 is 10.8. The third kappa shape index (κ3) is 4.12. The number of hydrogen-bond acceptors (Lipinski definition) is 4. The fourth-order valence-corrected chi connectivity index (χ4v) is 3.66. The van der Waals surface area contributed by atoms with Crippen molar-refractivity contribution in [2.24, 2.45) is 5.92 Å². The van der Waals surface area contributed by atoms with E-state index in [9.17, 15) is 9.59 Å². The molecule has 0 aliphatic carbocycles. The van der Waals surface area contributed by atoms with Crippen molar-refractivity contribution in [3.8, 4) is 5.75 Å². The molecule has 1 aromatic rings. The molecular weight excluding hydrogens is 320 g/mol. The molecule has 2 amide bonds. The van der Waals surface area contributed by atoms with Crippen molar-refractivity contribution in [1.29, 1.82) is 0 Å². The lowest BCUT2D eigenvalue weighted by Gasteiger charge is -2.36. The van der Waals surface area contributed by atoms with E-state index < -0.39 is 0 Å². The van der Waals surface area contributed by atoms with Crippen LogP contribution in [0.2, 0.25) is 0 Å². The van der Waals surface area contributed by atoms with Gasteiger partial charge in [0, 0.05) is 32.6 Å². The number of methoxy groups -OCH3 is 1. The molecule has 2 aliphatic rings. The lowest BCUT2D eigenvalue weighted by molar-refractivity contribution is -0.147. The van der Waals surface area contributed by atoms with Gasteiger partial charge in [-0.15, -0.1) is 0 Å². The SMILES string of the molecule is COc1ccc(CN2CC(C(=O)N3CC(C)OC(C)C3)CC2=O)cc1. The first-order chi connectivity index (χ1) is 12.0. The number of carbonyl (C=O) groups excluding carboxylic acids is 2. The van der Waals surface area contributed by atoms with Crippen molar-refractivity contribution in [2.45, 2.75) is 39.0 Å². The third-order valence-electron chi connectivity index (χ3n) is 4.83. The second-order valence-corrected chi connectivity index (χ2v) is 7.02. The molecule has 1 aromatic carbocycles. The van der Waals surface area contributed by atoms with Gasteiger partial charge in [-0.05, 0) is 31.5 Å². The van der Waals surface area contributed by atoms with Crippen LogP contribution in [0.4, 0.5) is 0 Å². The Morgan fingerprint density at radius 1 is 1.16 bits per heavy atom. The zero-order valence-corrected chi connectivity index (χ0v) is 15.1. The van der Waals surface area contributed by atoms with E-state index in [1.165, 1.54) is 0 Å². The van der Waals surface area contributed by atoms with Gasteiger partial charge in [-0.3, -0.25) is 9.59 Å². The minimum absolute atomic E-state index is 0.0419. The van der Waals surface area contributed by atoms with Crippen molar-refractivity contribution >= 4 is 11.8 Å². The minimum atomic E-state index is -0.247. The van der Waals surface area contributed by atoms with E-state index in [1.807, 2.05) is 43.0 Å². The van der Waals surface area contributed by atoms with E-state index in [0.29, 0.717) is 32.6 Å². The second kappa shape index (κ2) is 7.44. The minimum Gasteiger partial charge on any atom is -0.497 e. The summed E-state index contributed by atoms with van der Waals surface area (Å²) in [4.78, 5) is 28.8. The van der Waals surface area contributed by atoms with Crippen molar-refractivity contribution in [1.82, 2.24) is 9.80 Å². The molecule has 2 heterocycles. The van der Waals surface area contributed by atoms with Crippen LogP contribution in [0.25, 0.3) is 0 Å². The molecule has 0 saturated carbocycles. The number of amides is 2. The summed E-state index contributed by atoms with van der Waals surface area (Å²) in [5.41, 5.74) is 1.04. The smallest absolute Gasteiger partial charge is 0.228 e. The van der Waals surface area contributed by atoms with Gasteiger partial charge < -0.3 is 19.3 Å². The monoisotopic (exact) mass is 346 g/mol. The molecule has 25 heavy (non-hydrogen) atoms. The Morgan fingerprint density at radius 2 is 1.80 bits per heavy atom. The van der Waals surface area contributed by atoms with Crippen molar-refractivity contribution < 1.29 is 19.1 Å². The quantitative estimate of drug-likeness (QED) is 0.832. The molecule has 136 valence electrons. The molecule has 0 N–H and O–H groups in total. The molecule has 2 saturated heterocycles. The normalized spacial score (nSPS) is 26.8. The number of benzene rings is 1. The molecule has 0 radical (unpaired) electrons. The maximum Gasteiger partial charge on any atom is 0.228 e. The van der Waals surface area contributed by atoms with E-state index in [-0.39, 0.29) is 29.9 Å². The molecule has 3 unspecified atom stereocenters. The molecule has 2 aliphatic heterocycles. The van der Waals surface area contributed by atoms with Crippen LogP contribution >= 0.6 is 0 Å². The molecule has 3 rings (SSSR count). The predicted molar refractivity (Wildman–Crippen MR) is 93.1 cm³/mol. The highest BCUT2D eigenvalue weighted by Crippen LogP contribution is 2.24. The molecular formula is C19H26N2O4. The zero-order valence-electron chi connectivity index (χ0n) is 15.1. The number of carbonyl (C=O) groups is 2. The highest BCUT2D eigenvalue weighted by molar-refractivity contribution is 5.89. The molecule has 2 fully saturated rings. The number of rotatable bonds is 4. The first-order valence-electron chi connectivity index (χ1n) is 8.81. The van der Waals surface area contributed by atoms with Gasteiger partial charge in [0.1, 0.15) is 5.75 Å². The highest BCUT2D eigenvalue weighted by Gasteiger charge is 2.38. The van der Waals surface area contributed by atoms with Gasteiger partial charge in [-0.2, -0.15) is 0 Å². The van der Waals surface area contributed by atoms with Gasteiger partial charge in [-0.1, -0.05) is 12.1 Å². The van der Waals surface area contributed by atoms with Crippen LogP contribution in [0.5, 0.6) is 5.75 Å². The lowest BCUT2D eigenvalue weighted by Crippen LogP contribution is -2.50. The van der Waals surface area contributed by atoms with Gasteiger partial charge in [0.15, 0.2) is 0 Å². The van der Waals surface area contributed by atoms with Crippen LogP contribution in [0.3, 0.4) is 0 Å². The van der Waals surface area contributed by atoms with Gasteiger partial charge in [0.2, 0.25) is 11.8 Å². The average Bonchev–Trinajstić information content (AvgIpc) is 2.94. The Hall–Kier alpha value is -2.08. The standard InChI is InChI=1S/C19H26N2O4/c1-13-9-21(10-14(2)25-13)19(23)16-8-18(22)20(12-16)11-15-4-6-17(24-3)7-5-15/h4-7,13-14,16H,8-12H2,1-3H3. The van der Waals surface area contributed by atoms with E-state index >= 15 is 0 Å². The molecule has 6 heteroatoms. The Balaban J connectivity index is 1.60. The Bertz CT molecular complexity index is 621. The van der Waals surface area contributed by atoms with Crippen LogP contribution in [-0.2, 0) is 20.9 Å². The van der Waals surface area contributed by atoms with Crippen LogP contribution in [-0.4, -0.2) is 60.6 Å². The summed E-state index contributed by atoms with van der Waals surface area (Å²) in [5.74, 6) is 0.666. The molecule has 0 aromatic heterocycles. The Kier molecular flexibility index (Phi) is 5.27. The third-order valence-corrected chi connectivity index (χ3v) is 4.83. The molecule has 6 nitrogen and oxygen atoms in total. The van der Waals surface area contributed by atoms with E-state index in [2.05, 4.69) is 0 Å². The summed E-state index contributed by atoms with van der Waals surface area (Å²) in [7, 11) is 1.63. The van der Waals surface area contributed by atoms with E-state index in [1.54, 1.807) is 12.0 Å². The summed E-state index contributed by atoms with van der Waals surface area (Å²) >= 11 is 0. The van der Waals surface area contributed by atoms with Crippen molar-refractivity contribution in [2.75, 3.05) is 26.7 Å². The van der Waals surface area contributed by atoms with Crippen LogP contribution in [0.15, 0.2) is 24.3 Å². The first kappa shape index (κ1) is 17.7. The lowest BCUT2D eigenvalue weighted by atomic mass is 10.1. The number of morpholine rings is 1. The fourth-order valence-electron chi connectivity index (χ4n) is 3.66. The van der Waals surface area contributed by atoms with E-state index in [0.717, 1.165) is 11.3 Å². The largest absolute Gasteiger partial charge is 0.497 e. The van der Waals surface area contributed by atoms with E-state index in [4.69, 9.17) is 9.47 Å². The number of ether oxygens (including phenoxy) is 2. The van der Waals surface area contributed by atoms with Crippen molar-refractivity contribution in [3.05, 3.63) is 29.8 Å². The van der Waals surface area contributed by atoms with Gasteiger partial charge in [0.25, 0.3) is 0 Å². The molecule has 0 spiro atoms. The fraction of sp³-hybridized carbons (Fsp3) is 0.579. The Labute approximate surface area is 148 Å². The van der Waals surface area contributed by atoms with Gasteiger partial charge in [-0.25, -0.2) is 0 Å². The highest BCUT2D eigenvalue weighted by atomic mass is 16.5. The summed E-state index contributed by atoms with van der Waals surface area (Å²) in [6.45, 7) is 6.18. The van der Waals surface area contributed by atoms with Crippen molar-refractivity contribution in [3.63, 3.8) is 0 Å². The predicted octanol–water partition coefficient (Wildman–Crippen LogP) is 1.68. The first-order valence-corrected chi connectivity index (χ1v) is 8.81. The molecule has 0 bridgehead atoms. The topological polar surface area (TPSA) is 59.1 Å². The van der Waals surface area contributed by atoms with Gasteiger partial charge in [0.05, 0.1) is 25.2 Å². The van der Waals surface area contributed by atoms with Gasteiger partial charge >= 0.3 is 0 Å². The zero-order chi connectivity index (χ0) is 18.0. The van der Waals surface area contributed by atoms with Crippen LogP contribution in [0, 0.1) is 5.92 Å². The number of hydrogen-bond donors (Lipinski definition) is 0. The summed E-state index contributed by atoms with van der Waals surface area (Å²) in [5, 5.41) is 0. The maximum atomic E-state index is 12.8. The molecule has 3 atom stereocenters. The summed E-state index contributed by atoms with van der Waals surface area (Å²) in [6, 6.07) is 7.67. The second-order valence-electron chi connectivity index (χ2n) is 7.02. The average molecular weight is 346 g/mol. The Morgan fingerprint density at radius 3 is 2.40 bits per heavy atom. The number of nitrogens with zero attached hydrogens (tertiary/aromatic N) is 2. The van der Waals surface area contributed by atoms with Crippen LogP contribution in [0.1, 0.15) is 25.8 Å². The summed E-state index contributed by atoms with van der Waals surface area (Å²) in [6.07, 6.45) is 0.384. The maximum absolute atomic E-state index is 12.8.